The van der Waals surface area contributed by atoms with Crippen molar-refractivity contribution in [1.82, 2.24) is 4.98 Å². The van der Waals surface area contributed by atoms with E-state index in [1.54, 1.807) is 13.4 Å². The fourth-order valence-corrected chi connectivity index (χ4v) is 3.97. The van der Waals surface area contributed by atoms with Crippen LogP contribution in [-0.2, 0) is 16.8 Å². The minimum atomic E-state index is -0.745. The summed E-state index contributed by atoms with van der Waals surface area (Å²) >= 11 is 0. The van der Waals surface area contributed by atoms with Crippen LogP contribution in [0.25, 0.3) is 11.1 Å². The quantitative estimate of drug-likeness (QED) is 0.877. The molecule has 4 rings (SSSR count). The predicted octanol–water partition coefficient (Wildman–Crippen LogP) is 2.93. The fourth-order valence-electron chi connectivity index (χ4n) is 3.97. The first kappa shape index (κ1) is 14.0. The van der Waals surface area contributed by atoms with Gasteiger partial charge in [0, 0.05) is 5.56 Å². The third-order valence-electron chi connectivity index (χ3n) is 5.03. The Balaban J connectivity index is 1.98. The number of aliphatic hydroxyl groups excluding tert-OH is 1. The summed E-state index contributed by atoms with van der Waals surface area (Å²) in [7, 11) is 1.67. The van der Waals surface area contributed by atoms with Crippen molar-refractivity contribution in [3.8, 4) is 5.75 Å². The van der Waals surface area contributed by atoms with E-state index < -0.39 is 11.7 Å². The molecule has 5 nitrogen and oxygen atoms in total. The van der Waals surface area contributed by atoms with Crippen LogP contribution in [0.4, 0.5) is 0 Å². The first-order valence-electron chi connectivity index (χ1n) is 7.80. The molecule has 0 radical (unpaired) electrons. The summed E-state index contributed by atoms with van der Waals surface area (Å²) in [4.78, 5) is 4.70. The van der Waals surface area contributed by atoms with Gasteiger partial charge in [-0.2, -0.15) is 0 Å². The van der Waals surface area contributed by atoms with Gasteiger partial charge in [-0.15, -0.1) is 0 Å². The lowest BCUT2D eigenvalue weighted by Gasteiger charge is -2.40. The highest BCUT2D eigenvalue weighted by atomic mass is 16.5. The van der Waals surface area contributed by atoms with Crippen molar-refractivity contribution in [2.75, 3.05) is 7.11 Å². The molecule has 1 fully saturated rings. The Morgan fingerprint density at radius 1 is 1.36 bits per heavy atom. The van der Waals surface area contributed by atoms with E-state index in [1.165, 1.54) is 0 Å². The van der Waals surface area contributed by atoms with Gasteiger partial charge in [0.05, 0.1) is 36.2 Å². The minimum Gasteiger partial charge on any atom is -0.496 e. The van der Waals surface area contributed by atoms with Crippen molar-refractivity contribution in [2.45, 2.75) is 56.8 Å². The SMILES string of the molecule is COc1c2c(nc3occc13)[C@]1(CCC(C)(C)O1)C(O)CC2. The Morgan fingerprint density at radius 3 is 2.86 bits per heavy atom. The molecule has 1 spiro atoms. The molecular formula is C17H21NO4. The number of fused-ring (bicyclic) bond motifs is 3. The highest BCUT2D eigenvalue weighted by Crippen LogP contribution is 2.52. The smallest absolute Gasteiger partial charge is 0.229 e. The second kappa shape index (κ2) is 4.46. The molecule has 0 saturated carbocycles. The summed E-state index contributed by atoms with van der Waals surface area (Å²) in [6.07, 6.45) is 4.12. The summed E-state index contributed by atoms with van der Waals surface area (Å²) in [5.41, 5.74) is 1.36. The topological polar surface area (TPSA) is 64.7 Å². The van der Waals surface area contributed by atoms with Gasteiger partial charge in [-0.05, 0) is 45.6 Å². The molecule has 0 bridgehead atoms. The number of aromatic nitrogens is 1. The van der Waals surface area contributed by atoms with Gasteiger partial charge in [0.2, 0.25) is 5.71 Å². The van der Waals surface area contributed by atoms with E-state index in [1.807, 2.05) is 6.07 Å². The zero-order valence-electron chi connectivity index (χ0n) is 13.2. The molecule has 2 atom stereocenters. The third kappa shape index (κ3) is 1.75. The van der Waals surface area contributed by atoms with Gasteiger partial charge in [0.1, 0.15) is 11.4 Å². The molecule has 2 aromatic rings. The van der Waals surface area contributed by atoms with Gasteiger partial charge < -0.3 is 19.0 Å². The maximum atomic E-state index is 10.7. The van der Waals surface area contributed by atoms with Gasteiger partial charge in [0.25, 0.3) is 0 Å². The third-order valence-corrected chi connectivity index (χ3v) is 5.03. The number of hydrogen-bond donors (Lipinski definition) is 1. The van der Waals surface area contributed by atoms with Gasteiger partial charge >= 0.3 is 0 Å². The zero-order valence-corrected chi connectivity index (χ0v) is 13.2. The Labute approximate surface area is 129 Å². The molecule has 1 aliphatic carbocycles. The number of aliphatic hydroxyl groups is 1. The van der Waals surface area contributed by atoms with Gasteiger partial charge in [-0.3, -0.25) is 0 Å². The number of nitrogens with zero attached hydrogens (tertiary/aromatic N) is 1. The zero-order chi connectivity index (χ0) is 15.5. The molecule has 1 N–H and O–H groups in total. The average Bonchev–Trinajstić information content (AvgIpc) is 3.06. The van der Waals surface area contributed by atoms with Crippen LogP contribution in [0.2, 0.25) is 0 Å². The van der Waals surface area contributed by atoms with Crippen molar-refractivity contribution < 1.29 is 19.0 Å². The monoisotopic (exact) mass is 303 g/mol. The molecule has 1 aliphatic heterocycles. The molecule has 2 aliphatic rings. The summed E-state index contributed by atoms with van der Waals surface area (Å²) in [5.74, 6) is 0.799. The number of methoxy groups -OCH3 is 1. The lowest BCUT2D eigenvalue weighted by molar-refractivity contribution is -0.158. The van der Waals surface area contributed by atoms with Crippen LogP contribution in [0.3, 0.4) is 0 Å². The number of rotatable bonds is 1. The summed E-state index contributed by atoms with van der Waals surface area (Å²) < 4.78 is 17.5. The van der Waals surface area contributed by atoms with E-state index in [9.17, 15) is 5.11 Å². The van der Waals surface area contributed by atoms with Crippen LogP contribution in [0.1, 0.15) is 44.4 Å². The Morgan fingerprint density at radius 2 is 2.18 bits per heavy atom. The molecule has 22 heavy (non-hydrogen) atoms. The Bertz CT molecular complexity index is 736. The minimum absolute atomic E-state index is 0.261. The van der Waals surface area contributed by atoms with Crippen molar-refractivity contribution in [3.63, 3.8) is 0 Å². The Hall–Kier alpha value is -1.59. The molecule has 0 aromatic carbocycles. The largest absolute Gasteiger partial charge is 0.496 e. The average molecular weight is 303 g/mol. The van der Waals surface area contributed by atoms with Crippen LogP contribution in [0, 0.1) is 0 Å². The van der Waals surface area contributed by atoms with Crippen molar-refractivity contribution in [3.05, 3.63) is 23.6 Å². The van der Waals surface area contributed by atoms with Crippen LogP contribution in [-0.4, -0.2) is 28.9 Å². The van der Waals surface area contributed by atoms with E-state index in [4.69, 9.17) is 18.9 Å². The summed E-state index contributed by atoms with van der Waals surface area (Å²) in [6.45, 7) is 4.12. The molecule has 3 heterocycles. The number of furan rings is 1. The molecule has 1 saturated heterocycles. The normalized spacial score (nSPS) is 29.9. The second-order valence-corrected chi connectivity index (χ2v) is 6.92. The van der Waals surface area contributed by atoms with E-state index in [-0.39, 0.29) is 5.60 Å². The van der Waals surface area contributed by atoms with Crippen molar-refractivity contribution in [2.24, 2.45) is 0 Å². The second-order valence-electron chi connectivity index (χ2n) is 6.92. The summed E-state index contributed by atoms with van der Waals surface area (Å²) in [6, 6.07) is 1.87. The van der Waals surface area contributed by atoms with Crippen LogP contribution in [0.15, 0.2) is 16.7 Å². The molecule has 0 amide bonds. The van der Waals surface area contributed by atoms with Crippen molar-refractivity contribution in [1.29, 1.82) is 0 Å². The van der Waals surface area contributed by atoms with Crippen LogP contribution in [0.5, 0.6) is 5.75 Å². The lowest BCUT2D eigenvalue weighted by Crippen LogP contribution is -2.45. The lowest BCUT2D eigenvalue weighted by atomic mass is 9.78. The molecule has 2 aromatic heterocycles. The Kier molecular flexibility index (Phi) is 2.84. The van der Waals surface area contributed by atoms with E-state index in [0.29, 0.717) is 12.1 Å². The van der Waals surface area contributed by atoms with E-state index >= 15 is 0 Å². The molecule has 1 unspecified atom stereocenters. The van der Waals surface area contributed by atoms with Gasteiger partial charge in [-0.1, -0.05) is 0 Å². The fraction of sp³-hybridized carbons (Fsp3) is 0.588. The molecule has 118 valence electrons. The van der Waals surface area contributed by atoms with Crippen molar-refractivity contribution >= 4 is 11.1 Å². The summed E-state index contributed by atoms with van der Waals surface area (Å²) in [5, 5.41) is 11.6. The highest BCUT2D eigenvalue weighted by Gasteiger charge is 2.54. The highest BCUT2D eigenvalue weighted by molar-refractivity contribution is 5.83. The number of ether oxygens (including phenoxy) is 2. The molecule has 5 heteroatoms. The van der Waals surface area contributed by atoms with Gasteiger partial charge in [0.15, 0.2) is 0 Å². The van der Waals surface area contributed by atoms with Crippen LogP contribution >= 0.6 is 0 Å². The van der Waals surface area contributed by atoms with Crippen LogP contribution < -0.4 is 4.74 Å². The van der Waals surface area contributed by atoms with E-state index in [2.05, 4.69) is 13.8 Å². The number of pyridine rings is 1. The maximum Gasteiger partial charge on any atom is 0.229 e. The molecular weight excluding hydrogens is 282 g/mol. The first-order chi connectivity index (χ1) is 10.5. The first-order valence-corrected chi connectivity index (χ1v) is 7.80. The van der Waals surface area contributed by atoms with Gasteiger partial charge in [-0.25, -0.2) is 4.98 Å². The van der Waals surface area contributed by atoms with E-state index in [0.717, 1.165) is 41.7 Å². The maximum absolute atomic E-state index is 10.7. The standard InChI is InChI=1S/C17H21NO4/c1-16(2)7-8-17(22-16)12(19)5-4-10-13(20-3)11-6-9-21-15(11)18-14(10)17/h6,9,12,19H,4-5,7-8H2,1-3H3/t12?,17-/m0/s1. The number of hydrogen-bond acceptors (Lipinski definition) is 5. The predicted molar refractivity (Wildman–Crippen MR) is 81.0 cm³/mol.